The first-order valence-corrected chi connectivity index (χ1v) is 12.5. The summed E-state index contributed by atoms with van der Waals surface area (Å²) in [5.41, 5.74) is -2.66. The summed E-state index contributed by atoms with van der Waals surface area (Å²) in [6, 6.07) is 5.86. The summed E-state index contributed by atoms with van der Waals surface area (Å²) in [6.45, 7) is 1.37. The second-order valence-corrected chi connectivity index (χ2v) is 9.97. The van der Waals surface area contributed by atoms with Crippen molar-refractivity contribution in [2.24, 2.45) is 0 Å². The Morgan fingerprint density at radius 2 is 1.82 bits per heavy atom. The normalized spacial score (nSPS) is 15.3. The maximum absolute atomic E-state index is 13.9. The Balaban J connectivity index is 1.75. The molecule has 0 saturated heterocycles. The van der Waals surface area contributed by atoms with Crippen LogP contribution in [-0.2, 0) is 19.1 Å². The fourth-order valence-corrected chi connectivity index (χ4v) is 5.11. The number of benzene rings is 2. The Bertz CT molecular complexity index is 1540. The molecule has 0 fully saturated rings. The van der Waals surface area contributed by atoms with Crippen LogP contribution in [0.3, 0.4) is 0 Å². The molecule has 7 nitrogen and oxygen atoms in total. The molecule has 1 N–H and O–H groups in total. The van der Waals surface area contributed by atoms with Crippen molar-refractivity contribution in [3.63, 3.8) is 0 Å². The average molecular weight is 634 g/mol. The lowest BCUT2D eigenvalue weighted by Crippen LogP contribution is -2.46. The van der Waals surface area contributed by atoms with Crippen molar-refractivity contribution >= 4 is 39.3 Å². The third kappa shape index (κ3) is 5.42. The third-order valence-electron chi connectivity index (χ3n) is 6.35. The first kappa shape index (κ1) is 28.7. The number of rotatable bonds is 4. The van der Waals surface area contributed by atoms with Crippen LogP contribution in [0.1, 0.15) is 56.4 Å². The molecule has 2 aromatic carbocycles. The summed E-state index contributed by atoms with van der Waals surface area (Å²) in [5.74, 6) is -1.31. The third-order valence-corrected chi connectivity index (χ3v) is 7.29. The zero-order valence-corrected chi connectivity index (χ0v) is 22.6. The number of amides is 2. The Kier molecular flexibility index (Phi) is 7.86. The minimum Gasteiger partial charge on any atom is -0.355 e. The van der Waals surface area contributed by atoms with E-state index >= 15 is 0 Å². The molecule has 1 atom stereocenters. The first-order valence-electron chi connectivity index (χ1n) is 11.4. The number of aromatic nitrogens is 2. The van der Waals surface area contributed by atoms with Crippen molar-refractivity contribution in [1.82, 2.24) is 19.8 Å². The number of hydrogen-bond acceptors (Lipinski definition) is 4. The van der Waals surface area contributed by atoms with E-state index in [0.717, 1.165) is 22.8 Å². The average Bonchev–Trinajstić information content (AvgIpc) is 2.87. The van der Waals surface area contributed by atoms with Crippen LogP contribution in [0.4, 0.5) is 22.0 Å². The highest BCUT2D eigenvalue weighted by atomic mass is 79.9. The van der Waals surface area contributed by atoms with Crippen LogP contribution >= 0.6 is 27.5 Å². The van der Waals surface area contributed by atoms with E-state index in [2.05, 4.69) is 26.2 Å². The largest absolute Gasteiger partial charge is 0.417 e. The van der Waals surface area contributed by atoms with E-state index in [1.54, 1.807) is 6.92 Å². The van der Waals surface area contributed by atoms with Crippen LogP contribution in [0.15, 0.2) is 45.7 Å². The fourth-order valence-electron chi connectivity index (χ4n) is 4.37. The van der Waals surface area contributed by atoms with E-state index < -0.39 is 52.4 Å². The topological polar surface area (TPSA) is 84.3 Å². The van der Waals surface area contributed by atoms with Gasteiger partial charge in [0.05, 0.1) is 23.5 Å². The molecule has 14 heteroatoms. The number of alkyl halides is 5. The molecular formula is C25H19BrClF5N4O3. The van der Waals surface area contributed by atoms with Gasteiger partial charge in [-0.3, -0.25) is 19.0 Å². The van der Waals surface area contributed by atoms with Crippen LogP contribution in [0.5, 0.6) is 0 Å². The lowest BCUT2D eigenvalue weighted by molar-refractivity contribution is -0.138. The number of hydrogen-bond donors (Lipinski definition) is 1. The molecular weight excluding hydrogens is 615 g/mol. The van der Waals surface area contributed by atoms with Crippen LogP contribution in [-0.4, -0.2) is 39.4 Å². The van der Waals surface area contributed by atoms with E-state index in [0.29, 0.717) is 0 Å². The molecule has 1 aromatic heterocycles. The Hall–Kier alpha value is -3.32. The predicted molar refractivity (Wildman–Crippen MR) is 135 cm³/mol. The second kappa shape index (κ2) is 10.7. The number of nitrogens with one attached hydrogen (secondary N) is 1. The summed E-state index contributed by atoms with van der Waals surface area (Å²) < 4.78 is 68.5. The smallest absolute Gasteiger partial charge is 0.355 e. The lowest BCUT2D eigenvalue weighted by Gasteiger charge is -2.34. The molecule has 1 aliphatic heterocycles. The van der Waals surface area contributed by atoms with Gasteiger partial charge in [0.2, 0.25) is 5.28 Å². The molecule has 2 heterocycles. The van der Waals surface area contributed by atoms with Gasteiger partial charge in [0.1, 0.15) is 0 Å². The van der Waals surface area contributed by atoms with E-state index in [1.165, 1.54) is 30.1 Å². The van der Waals surface area contributed by atoms with Gasteiger partial charge in [-0.1, -0.05) is 15.9 Å². The van der Waals surface area contributed by atoms with Gasteiger partial charge in [-0.2, -0.15) is 13.2 Å². The number of carbonyl (C=O) groups is 2. The number of halogens is 7. The summed E-state index contributed by atoms with van der Waals surface area (Å²) in [5, 5.41) is 1.87. The van der Waals surface area contributed by atoms with Gasteiger partial charge in [-0.05, 0) is 61.3 Å². The molecule has 0 bridgehead atoms. The second-order valence-electron chi connectivity index (χ2n) is 8.78. The van der Waals surface area contributed by atoms with E-state index in [4.69, 9.17) is 11.6 Å². The first-order chi connectivity index (χ1) is 18.2. The monoisotopic (exact) mass is 632 g/mol. The van der Waals surface area contributed by atoms with Crippen molar-refractivity contribution in [3.05, 3.63) is 90.0 Å². The molecule has 0 aliphatic carbocycles. The van der Waals surface area contributed by atoms with Crippen LogP contribution in [0.25, 0.3) is 5.69 Å². The van der Waals surface area contributed by atoms with Gasteiger partial charge in [0, 0.05) is 39.8 Å². The number of carbonyl (C=O) groups excluding carboxylic acids is 2. The van der Waals surface area contributed by atoms with Gasteiger partial charge in [0.25, 0.3) is 23.8 Å². The molecule has 0 unspecified atom stereocenters. The molecule has 2 amide bonds. The highest BCUT2D eigenvalue weighted by Gasteiger charge is 2.36. The molecule has 206 valence electrons. The van der Waals surface area contributed by atoms with E-state index in [1.807, 2.05) is 0 Å². The zero-order valence-electron chi connectivity index (χ0n) is 20.2. The minimum atomic E-state index is -4.69. The van der Waals surface area contributed by atoms with E-state index in [-0.39, 0.29) is 45.5 Å². The van der Waals surface area contributed by atoms with Crippen molar-refractivity contribution in [2.45, 2.75) is 38.5 Å². The molecule has 4 rings (SSSR count). The standard InChI is InChI=1S/C25H19BrClF5N4O3/c1-11-7-14-18(10-35(11)22(38)13-3-5-17(26)16(9-13)25(30,31)32)34-24(27)36(23(14)39)19-6-4-12(21(37)33-2)8-15(19)20(28)29/h3-6,8-9,11,20H,7,10H2,1-2H3,(H,33,37)/t11-/m1/s1. The zero-order chi connectivity index (χ0) is 28.8. The highest BCUT2D eigenvalue weighted by molar-refractivity contribution is 9.10. The quantitative estimate of drug-likeness (QED) is 0.302. The maximum atomic E-state index is 13.9. The number of nitrogens with zero attached hydrogens (tertiary/aromatic N) is 3. The van der Waals surface area contributed by atoms with Gasteiger partial charge in [0.15, 0.2) is 0 Å². The van der Waals surface area contributed by atoms with Crippen molar-refractivity contribution in [1.29, 1.82) is 0 Å². The number of fused-ring (bicyclic) bond motifs is 1. The van der Waals surface area contributed by atoms with Gasteiger partial charge in [-0.15, -0.1) is 0 Å². The molecule has 39 heavy (non-hydrogen) atoms. The Labute approximate surface area is 231 Å². The molecule has 0 radical (unpaired) electrons. The van der Waals surface area contributed by atoms with E-state index in [9.17, 15) is 36.3 Å². The van der Waals surface area contributed by atoms with Crippen LogP contribution in [0.2, 0.25) is 5.28 Å². The molecule has 0 spiro atoms. The molecule has 1 aliphatic rings. The fraction of sp³-hybridized carbons (Fsp3) is 0.280. The summed E-state index contributed by atoms with van der Waals surface area (Å²) >= 11 is 9.11. The van der Waals surface area contributed by atoms with Crippen LogP contribution < -0.4 is 10.9 Å². The summed E-state index contributed by atoms with van der Waals surface area (Å²) in [7, 11) is 1.34. The Morgan fingerprint density at radius 3 is 2.44 bits per heavy atom. The van der Waals surface area contributed by atoms with Crippen LogP contribution in [0, 0.1) is 0 Å². The molecule has 0 saturated carbocycles. The predicted octanol–water partition coefficient (Wildman–Crippen LogP) is 5.55. The SMILES string of the molecule is CNC(=O)c1ccc(-n2c(Cl)nc3c(c2=O)C[C@@H](C)N(C(=O)c2ccc(Br)c(C(F)(F)F)c2)C3)c(C(F)F)c1. The van der Waals surface area contributed by atoms with Gasteiger partial charge >= 0.3 is 6.18 Å². The lowest BCUT2D eigenvalue weighted by atomic mass is 9.98. The van der Waals surface area contributed by atoms with Gasteiger partial charge < -0.3 is 10.2 Å². The Morgan fingerprint density at radius 1 is 1.15 bits per heavy atom. The van der Waals surface area contributed by atoms with Crippen molar-refractivity contribution in [2.75, 3.05) is 7.05 Å². The van der Waals surface area contributed by atoms with Gasteiger partial charge in [-0.25, -0.2) is 13.8 Å². The van der Waals surface area contributed by atoms with Crippen molar-refractivity contribution in [3.8, 4) is 5.69 Å². The maximum Gasteiger partial charge on any atom is 0.417 e. The highest BCUT2D eigenvalue weighted by Crippen LogP contribution is 2.36. The molecule has 3 aromatic rings. The minimum absolute atomic E-state index is 0.0453. The summed E-state index contributed by atoms with van der Waals surface area (Å²) in [4.78, 5) is 44.0. The summed E-state index contributed by atoms with van der Waals surface area (Å²) in [6.07, 6.45) is -7.79. The van der Waals surface area contributed by atoms with Crippen molar-refractivity contribution < 1.29 is 31.5 Å².